The summed E-state index contributed by atoms with van der Waals surface area (Å²) in [7, 11) is 0. The summed E-state index contributed by atoms with van der Waals surface area (Å²) in [6.07, 6.45) is 0.583. The number of nitrogens with zero attached hydrogens (tertiary/aromatic N) is 1. The van der Waals surface area contributed by atoms with Crippen LogP contribution in [0.25, 0.3) is 0 Å². The highest BCUT2D eigenvalue weighted by atomic mass is 16.5. The first kappa shape index (κ1) is 10.6. The Hall–Kier alpha value is -1.53. The molecule has 74 valence electrons. The third-order valence-corrected chi connectivity index (χ3v) is 1.88. The molecule has 1 aromatic carbocycles. The smallest absolute Gasteiger partial charge is 0.139 e. The zero-order valence-electron chi connectivity index (χ0n) is 8.16. The number of ether oxygens (including phenoxy) is 1. The van der Waals surface area contributed by atoms with Gasteiger partial charge in [-0.1, -0.05) is 12.1 Å². The van der Waals surface area contributed by atoms with Crippen molar-refractivity contribution in [2.24, 2.45) is 0 Å². The molecule has 0 saturated heterocycles. The fourth-order valence-electron chi connectivity index (χ4n) is 1.17. The molecule has 0 aliphatic carbocycles. The molecule has 0 aliphatic rings. The van der Waals surface area contributed by atoms with Crippen LogP contribution in [0, 0.1) is 18.3 Å². The van der Waals surface area contributed by atoms with Crippen LogP contribution in [-0.2, 0) is 0 Å². The molecule has 14 heavy (non-hydrogen) atoms. The molecule has 0 aromatic heterocycles. The molecule has 0 saturated carbocycles. The highest BCUT2D eigenvalue weighted by molar-refractivity contribution is 5.47. The maximum Gasteiger partial charge on any atom is 0.139 e. The van der Waals surface area contributed by atoms with Crippen molar-refractivity contribution in [3.63, 3.8) is 0 Å². The molecule has 1 rings (SSSR count). The third-order valence-electron chi connectivity index (χ3n) is 1.88. The van der Waals surface area contributed by atoms with E-state index in [9.17, 15) is 0 Å². The third kappa shape index (κ3) is 2.48. The van der Waals surface area contributed by atoms with Gasteiger partial charge < -0.3 is 9.84 Å². The molecule has 0 heterocycles. The number of para-hydroxylation sites is 1. The Bertz CT molecular complexity index is 342. The second-order valence-corrected chi connectivity index (χ2v) is 2.99. The van der Waals surface area contributed by atoms with E-state index in [-0.39, 0.29) is 6.61 Å². The Morgan fingerprint density at radius 3 is 2.93 bits per heavy atom. The fourth-order valence-corrected chi connectivity index (χ4v) is 1.17. The quantitative estimate of drug-likeness (QED) is 0.736. The van der Waals surface area contributed by atoms with Crippen molar-refractivity contribution in [2.75, 3.05) is 13.2 Å². The molecule has 0 radical (unpaired) electrons. The Kier molecular flexibility index (Phi) is 3.96. The molecule has 3 nitrogen and oxygen atoms in total. The topological polar surface area (TPSA) is 53.2 Å². The maximum atomic E-state index is 8.82. The van der Waals surface area contributed by atoms with Crippen LogP contribution in [0.1, 0.15) is 17.5 Å². The van der Waals surface area contributed by atoms with Crippen LogP contribution in [0.15, 0.2) is 18.2 Å². The number of nitriles is 1. The molecular weight excluding hydrogens is 178 g/mol. The molecular formula is C11H13NO2. The lowest BCUT2D eigenvalue weighted by Gasteiger charge is -2.09. The van der Waals surface area contributed by atoms with Crippen molar-refractivity contribution >= 4 is 0 Å². The second-order valence-electron chi connectivity index (χ2n) is 2.99. The standard InChI is InChI=1S/C11H13NO2/c1-9-4-2-5-10(8-12)11(9)14-7-3-6-13/h2,4-5,13H,3,6-7H2,1H3. The lowest BCUT2D eigenvalue weighted by molar-refractivity contribution is 0.232. The van der Waals surface area contributed by atoms with Crippen molar-refractivity contribution in [2.45, 2.75) is 13.3 Å². The molecule has 3 heteroatoms. The van der Waals surface area contributed by atoms with Gasteiger partial charge in [-0.25, -0.2) is 0 Å². The summed E-state index contributed by atoms with van der Waals surface area (Å²) in [4.78, 5) is 0. The first-order chi connectivity index (χ1) is 6.79. The van der Waals surface area contributed by atoms with E-state index < -0.39 is 0 Å². The number of hydrogen-bond acceptors (Lipinski definition) is 3. The van der Waals surface area contributed by atoms with Crippen LogP contribution in [0.4, 0.5) is 0 Å². The molecule has 0 unspecified atom stereocenters. The summed E-state index contributed by atoms with van der Waals surface area (Å²) in [5.41, 5.74) is 1.49. The summed E-state index contributed by atoms with van der Waals surface area (Å²) in [6.45, 7) is 2.44. The molecule has 0 fully saturated rings. The van der Waals surface area contributed by atoms with Crippen molar-refractivity contribution < 1.29 is 9.84 Å². The predicted molar refractivity (Wildman–Crippen MR) is 53.1 cm³/mol. The minimum absolute atomic E-state index is 0.105. The van der Waals surface area contributed by atoms with E-state index in [1.54, 1.807) is 6.07 Å². The van der Waals surface area contributed by atoms with E-state index >= 15 is 0 Å². The van der Waals surface area contributed by atoms with Gasteiger partial charge in [0, 0.05) is 13.0 Å². The zero-order chi connectivity index (χ0) is 10.4. The first-order valence-electron chi connectivity index (χ1n) is 4.53. The fraction of sp³-hybridized carbons (Fsp3) is 0.364. The van der Waals surface area contributed by atoms with Gasteiger partial charge in [0.2, 0.25) is 0 Å². The number of aliphatic hydroxyl groups excluding tert-OH is 1. The van der Waals surface area contributed by atoms with E-state index in [0.29, 0.717) is 24.3 Å². The van der Waals surface area contributed by atoms with E-state index in [1.807, 2.05) is 19.1 Å². The average molecular weight is 191 g/mol. The zero-order valence-corrected chi connectivity index (χ0v) is 8.16. The maximum absolute atomic E-state index is 8.82. The van der Waals surface area contributed by atoms with Gasteiger partial charge in [-0.05, 0) is 18.6 Å². The summed E-state index contributed by atoms with van der Waals surface area (Å²) in [6, 6.07) is 7.52. The number of benzene rings is 1. The molecule has 0 atom stereocenters. The van der Waals surface area contributed by atoms with Crippen LogP contribution >= 0.6 is 0 Å². The van der Waals surface area contributed by atoms with Crippen molar-refractivity contribution in [3.8, 4) is 11.8 Å². The largest absolute Gasteiger partial charge is 0.492 e. The summed E-state index contributed by atoms with van der Waals surface area (Å²) < 4.78 is 5.42. The summed E-state index contributed by atoms with van der Waals surface area (Å²) >= 11 is 0. The second kappa shape index (κ2) is 5.25. The summed E-state index contributed by atoms with van der Waals surface area (Å²) in [5.74, 6) is 0.628. The van der Waals surface area contributed by atoms with Gasteiger partial charge in [-0.15, -0.1) is 0 Å². The van der Waals surface area contributed by atoms with Gasteiger partial charge in [0.1, 0.15) is 11.8 Å². The lowest BCUT2D eigenvalue weighted by atomic mass is 10.1. The molecule has 0 bridgehead atoms. The number of aliphatic hydroxyl groups is 1. The number of hydrogen-bond donors (Lipinski definition) is 1. The normalized spacial score (nSPS) is 9.50. The molecule has 0 amide bonds. The number of rotatable bonds is 4. The van der Waals surface area contributed by atoms with Crippen LogP contribution in [0.3, 0.4) is 0 Å². The van der Waals surface area contributed by atoms with Crippen LogP contribution in [0.5, 0.6) is 5.75 Å². The molecule has 1 aromatic rings. The van der Waals surface area contributed by atoms with Gasteiger partial charge in [0.25, 0.3) is 0 Å². The molecule has 0 aliphatic heterocycles. The Morgan fingerprint density at radius 1 is 1.50 bits per heavy atom. The van der Waals surface area contributed by atoms with Gasteiger partial charge in [-0.3, -0.25) is 0 Å². The monoisotopic (exact) mass is 191 g/mol. The van der Waals surface area contributed by atoms with Gasteiger partial charge in [-0.2, -0.15) is 5.26 Å². The molecule has 1 N–H and O–H groups in total. The van der Waals surface area contributed by atoms with Gasteiger partial charge in [0.15, 0.2) is 0 Å². The minimum Gasteiger partial charge on any atom is -0.492 e. The lowest BCUT2D eigenvalue weighted by Crippen LogP contribution is -2.02. The SMILES string of the molecule is Cc1cccc(C#N)c1OCCCO. The first-order valence-corrected chi connectivity index (χ1v) is 4.53. The number of aryl methyl sites for hydroxylation is 1. The Morgan fingerprint density at radius 2 is 2.29 bits per heavy atom. The minimum atomic E-state index is 0.105. The summed E-state index contributed by atoms with van der Waals surface area (Å²) in [5, 5.41) is 17.4. The van der Waals surface area contributed by atoms with Crippen LogP contribution in [0.2, 0.25) is 0 Å². The highest BCUT2D eigenvalue weighted by Crippen LogP contribution is 2.22. The van der Waals surface area contributed by atoms with Gasteiger partial charge in [0.05, 0.1) is 12.2 Å². The van der Waals surface area contributed by atoms with E-state index in [4.69, 9.17) is 15.1 Å². The Labute approximate surface area is 83.6 Å². The highest BCUT2D eigenvalue weighted by Gasteiger charge is 2.05. The average Bonchev–Trinajstić information content (AvgIpc) is 2.20. The Balaban J connectivity index is 2.78. The van der Waals surface area contributed by atoms with Gasteiger partial charge >= 0.3 is 0 Å². The van der Waals surface area contributed by atoms with Crippen LogP contribution in [-0.4, -0.2) is 18.3 Å². The van der Waals surface area contributed by atoms with E-state index in [2.05, 4.69) is 6.07 Å². The van der Waals surface area contributed by atoms with Crippen molar-refractivity contribution in [1.29, 1.82) is 5.26 Å². The van der Waals surface area contributed by atoms with Crippen molar-refractivity contribution in [3.05, 3.63) is 29.3 Å². The van der Waals surface area contributed by atoms with E-state index in [0.717, 1.165) is 5.56 Å². The predicted octanol–water partition coefficient (Wildman–Crippen LogP) is 1.63. The van der Waals surface area contributed by atoms with Crippen LogP contribution < -0.4 is 4.74 Å². The molecule has 0 spiro atoms. The van der Waals surface area contributed by atoms with E-state index in [1.165, 1.54) is 0 Å². The van der Waals surface area contributed by atoms with Crippen molar-refractivity contribution in [1.82, 2.24) is 0 Å².